The fourth-order valence-corrected chi connectivity index (χ4v) is 1.16. The Labute approximate surface area is 78.3 Å². The van der Waals surface area contributed by atoms with Gasteiger partial charge in [0.2, 0.25) is 0 Å². The Morgan fingerprint density at radius 3 is 2.75 bits per heavy atom. The summed E-state index contributed by atoms with van der Waals surface area (Å²) in [6, 6.07) is 0. The van der Waals surface area contributed by atoms with Crippen LogP contribution in [0.25, 0.3) is 0 Å². The zero-order valence-electron chi connectivity index (χ0n) is 7.49. The van der Waals surface area contributed by atoms with Crippen LogP contribution in [-0.2, 0) is 4.74 Å². The fraction of sp³-hybridized carbons (Fsp3) is 0.857. The minimum absolute atomic E-state index is 0.335. The van der Waals surface area contributed by atoms with E-state index in [1.165, 1.54) is 0 Å². The highest BCUT2D eigenvalue weighted by Gasteiger charge is 2.07. The number of likely N-dealkylation sites (N-methyl/N-ethyl adjacent to an activating group) is 1. The number of nitrogens with zero attached hydrogens (tertiary/aromatic N) is 1. The maximum Gasteiger partial charge on any atom is 0.0900 e. The van der Waals surface area contributed by atoms with Crippen LogP contribution in [0.15, 0.2) is 0 Å². The smallest absolute Gasteiger partial charge is 0.0900 e. The summed E-state index contributed by atoms with van der Waals surface area (Å²) in [4.78, 5) is 2.29. The molecule has 0 saturated carbocycles. The van der Waals surface area contributed by atoms with Crippen molar-refractivity contribution in [2.24, 2.45) is 5.73 Å². The monoisotopic (exact) mass is 192 g/mol. The van der Waals surface area contributed by atoms with E-state index in [4.69, 9.17) is 22.7 Å². The second-order valence-corrected chi connectivity index (χ2v) is 3.30. The second kappa shape index (κ2) is 6.30. The lowest BCUT2D eigenvalue weighted by atomic mass is 10.3. The van der Waals surface area contributed by atoms with Crippen LogP contribution in [-0.4, -0.2) is 55.0 Å². The highest BCUT2D eigenvalue weighted by molar-refractivity contribution is 7.80. The third-order valence-corrected chi connectivity index (χ3v) is 1.44. The lowest BCUT2D eigenvalue weighted by Crippen LogP contribution is -2.36. The third-order valence-electron chi connectivity index (χ3n) is 1.31. The Morgan fingerprint density at radius 2 is 2.33 bits per heavy atom. The topological polar surface area (TPSA) is 58.7 Å². The number of ether oxygens (including phenoxy) is 1. The van der Waals surface area contributed by atoms with Crippen molar-refractivity contribution in [2.75, 3.05) is 33.9 Å². The summed E-state index contributed by atoms with van der Waals surface area (Å²) < 4.78 is 4.77. The molecule has 0 aliphatic carbocycles. The number of hydrogen-bond donors (Lipinski definition) is 2. The van der Waals surface area contributed by atoms with Crippen molar-refractivity contribution in [3.8, 4) is 0 Å². The Balaban J connectivity index is 3.53. The van der Waals surface area contributed by atoms with Crippen LogP contribution in [0.3, 0.4) is 0 Å². The Morgan fingerprint density at radius 1 is 1.75 bits per heavy atom. The fourth-order valence-electron chi connectivity index (χ4n) is 0.935. The first kappa shape index (κ1) is 11.8. The Hall–Kier alpha value is -0.230. The van der Waals surface area contributed by atoms with E-state index in [0.717, 1.165) is 0 Å². The van der Waals surface area contributed by atoms with Crippen LogP contribution in [0.4, 0.5) is 0 Å². The number of rotatable bonds is 6. The number of methoxy groups -OCH3 is 1. The van der Waals surface area contributed by atoms with Gasteiger partial charge in [-0.2, -0.15) is 0 Å². The largest absolute Gasteiger partial charge is 0.392 e. The van der Waals surface area contributed by atoms with E-state index in [1.807, 2.05) is 11.9 Å². The van der Waals surface area contributed by atoms with Crippen LogP contribution in [0.2, 0.25) is 0 Å². The highest BCUT2D eigenvalue weighted by Crippen LogP contribution is 1.89. The van der Waals surface area contributed by atoms with Gasteiger partial charge < -0.3 is 15.6 Å². The molecule has 0 amide bonds. The van der Waals surface area contributed by atoms with Gasteiger partial charge in [0.25, 0.3) is 0 Å². The maximum absolute atomic E-state index is 9.28. The van der Waals surface area contributed by atoms with Crippen molar-refractivity contribution in [2.45, 2.75) is 6.10 Å². The lowest BCUT2D eigenvalue weighted by Gasteiger charge is -2.18. The molecule has 0 heterocycles. The molecule has 0 bridgehead atoms. The predicted octanol–water partition coefficient (Wildman–Crippen LogP) is -0.788. The van der Waals surface area contributed by atoms with E-state index in [0.29, 0.717) is 24.7 Å². The SMILES string of the molecule is COCC(O)CN(C)CC(N)=S. The number of nitrogens with two attached hydrogens (primary N) is 1. The predicted molar refractivity (Wildman–Crippen MR) is 52.2 cm³/mol. The molecule has 0 aliphatic heterocycles. The summed E-state index contributed by atoms with van der Waals surface area (Å²) in [6.45, 7) is 1.38. The van der Waals surface area contributed by atoms with Gasteiger partial charge in [-0.25, -0.2) is 0 Å². The molecule has 1 atom stereocenters. The van der Waals surface area contributed by atoms with Crippen LogP contribution in [0.1, 0.15) is 0 Å². The molecule has 0 fully saturated rings. The average Bonchev–Trinajstić information content (AvgIpc) is 1.84. The van der Waals surface area contributed by atoms with Gasteiger partial charge >= 0.3 is 0 Å². The molecular formula is C7H16N2O2S. The molecule has 72 valence electrons. The molecule has 3 N–H and O–H groups in total. The summed E-state index contributed by atoms with van der Waals surface area (Å²) in [6.07, 6.45) is -0.477. The molecule has 12 heavy (non-hydrogen) atoms. The summed E-state index contributed by atoms with van der Waals surface area (Å²) >= 11 is 4.71. The van der Waals surface area contributed by atoms with E-state index < -0.39 is 6.10 Å². The molecule has 0 aliphatic rings. The van der Waals surface area contributed by atoms with Gasteiger partial charge in [-0.15, -0.1) is 0 Å². The van der Waals surface area contributed by atoms with Gasteiger partial charge in [0.15, 0.2) is 0 Å². The van der Waals surface area contributed by atoms with Crippen LogP contribution < -0.4 is 5.73 Å². The summed E-state index contributed by atoms with van der Waals surface area (Å²) in [7, 11) is 3.40. The van der Waals surface area contributed by atoms with E-state index in [2.05, 4.69) is 0 Å². The Bertz CT molecular complexity index is 143. The van der Waals surface area contributed by atoms with E-state index >= 15 is 0 Å². The molecule has 0 radical (unpaired) electrons. The van der Waals surface area contributed by atoms with Gasteiger partial charge in [-0.1, -0.05) is 12.2 Å². The zero-order chi connectivity index (χ0) is 9.56. The van der Waals surface area contributed by atoms with Gasteiger partial charge in [0.1, 0.15) is 0 Å². The minimum atomic E-state index is -0.477. The molecule has 4 nitrogen and oxygen atoms in total. The molecule has 1 unspecified atom stereocenters. The average molecular weight is 192 g/mol. The highest BCUT2D eigenvalue weighted by atomic mass is 32.1. The lowest BCUT2D eigenvalue weighted by molar-refractivity contribution is 0.0461. The molecular weight excluding hydrogens is 176 g/mol. The summed E-state index contributed by atoms with van der Waals surface area (Å²) in [5.74, 6) is 0. The van der Waals surface area contributed by atoms with Crippen LogP contribution >= 0.6 is 12.2 Å². The molecule has 0 rings (SSSR count). The molecule has 0 aromatic heterocycles. The number of aliphatic hydroxyl groups is 1. The molecule has 5 heteroatoms. The van der Waals surface area contributed by atoms with Crippen LogP contribution in [0.5, 0.6) is 0 Å². The first-order valence-corrected chi connectivity index (χ1v) is 4.11. The van der Waals surface area contributed by atoms with E-state index in [-0.39, 0.29) is 0 Å². The molecule has 0 aromatic carbocycles. The first-order valence-electron chi connectivity index (χ1n) is 3.70. The van der Waals surface area contributed by atoms with Gasteiger partial charge in [-0.3, -0.25) is 4.90 Å². The number of hydrogen-bond acceptors (Lipinski definition) is 4. The quantitative estimate of drug-likeness (QED) is 0.540. The van der Waals surface area contributed by atoms with Crippen molar-refractivity contribution >= 4 is 17.2 Å². The van der Waals surface area contributed by atoms with Crippen molar-refractivity contribution in [1.82, 2.24) is 4.90 Å². The van der Waals surface area contributed by atoms with Crippen molar-refractivity contribution in [3.63, 3.8) is 0 Å². The minimum Gasteiger partial charge on any atom is -0.392 e. The summed E-state index contributed by atoms with van der Waals surface area (Å²) in [5.41, 5.74) is 5.32. The van der Waals surface area contributed by atoms with Gasteiger partial charge in [-0.05, 0) is 7.05 Å². The first-order chi connectivity index (χ1) is 5.56. The standard InChI is InChI=1S/C7H16N2O2S/c1-9(4-7(8)12)3-6(10)5-11-2/h6,10H,3-5H2,1-2H3,(H2,8,12). The van der Waals surface area contributed by atoms with Crippen molar-refractivity contribution in [1.29, 1.82) is 0 Å². The zero-order valence-corrected chi connectivity index (χ0v) is 8.30. The van der Waals surface area contributed by atoms with Crippen LogP contribution in [0, 0.1) is 0 Å². The normalized spacial score (nSPS) is 13.3. The second-order valence-electron chi connectivity index (χ2n) is 2.77. The van der Waals surface area contributed by atoms with E-state index in [9.17, 15) is 5.11 Å². The van der Waals surface area contributed by atoms with Gasteiger partial charge in [0.05, 0.1) is 17.7 Å². The molecule has 0 aromatic rings. The third kappa shape index (κ3) is 6.48. The number of thiocarbonyl (C=S) groups is 1. The van der Waals surface area contributed by atoms with E-state index in [1.54, 1.807) is 7.11 Å². The van der Waals surface area contributed by atoms with Crippen molar-refractivity contribution < 1.29 is 9.84 Å². The van der Waals surface area contributed by atoms with Gasteiger partial charge in [0, 0.05) is 20.2 Å². The maximum atomic E-state index is 9.28. The number of aliphatic hydroxyl groups excluding tert-OH is 1. The summed E-state index contributed by atoms with van der Waals surface area (Å²) in [5, 5.41) is 9.28. The molecule has 0 saturated heterocycles. The van der Waals surface area contributed by atoms with Crippen molar-refractivity contribution in [3.05, 3.63) is 0 Å². The molecule has 0 spiro atoms. The Kier molecular flexibility index (Phi) is 6.18.